The first-order valence-electron chi connectivity index (χ1n) is 17.6. The first-order chi connectivity index (χ1) is 27.9. The lowest BCUT2D eigenvalue weighted by Crippen LogP contribution is -2.47. The van der Waals surface area contributed by atoms with Crippen LogP contribution in [0.5, 0.6) is 0 Å². The molecule has 298 valence electrons. The highest BCUT2D eigenvalue weighted by Gasteiger charge is 2.27. The third-order valence-corrected chi connectivity index (χ3v) is 10.4. The molecule has 1 saturated heterocycles. The number of hydroxylamine groups is 1. The third kappa shape index (κ3) is 7.92. The lowest BCUT2D eigenvalue weighted by molar-refractivity contribution is -0.131. The number of pyridine rings is 2. The van der Waals surface area contributed by atoms with E-state index in [0.717, 1.165) is 17.4 Å². The van der Waals surface area contributed by atoms with Crippen molar-refractivity contribution < 1.29 is 36.7 Å². The van der Waals surface area contributed by atoms with Gasteiger partial charge in [0, 0.05) is 69.0 Å². The maximum absolute atomic E-state index is 15.6. The number of hydrogen-bond acceptors (Lipinski definition) is 12. The average molecular weight is 814 g/mol. The minimum atomic E-state index is -3.57. The molecule has 1 fully saturated rings. The topological polar surface area (TPSA) is 221 Å². The van der Waals surface area contributed by atoms with Crippen LogP contribution in [0.3, 0.4) is 0 Å². The van der Waals surface area contributed by atoms with Gasteiger partial charge in [-0.05, 0) is 54.3 Å². The molecule has 5 heterocycles. The Kier molecular flexibility index (Phi) is 11.4. The summed E-state index contributed by atoms with van der Waals surface area (Å²) in [4.78, 5) is 69.1. The molecule has 6 aromatic rings. The van der Waals surface area contributed by atoms with Crippen LogP contribution in [0.2, 0.25) is 0 Å². The summed E-state index contributed by atoms with van der Waals surface area (Å²) in [5.41, 5.74) is 0.328. The molecular weight excluding hydrogens is 781 g/mol. The Balaban J connectivity index is 1.08. The molecular formula is C38H33F2N9O8S. The van der Waals surface area contributed by atoms with Gasteiger partial charge >= 0.3 is 5.69 Å². The van der Waals surface area contributed by atoms with Gasteiger partial charge in [0.05, 0.1) is 34.0 Å². The van der Waals surface area contributed by atoms with Crippen molar-refractivity contribution in [1.29, 1.82) is 0 Å². The Morgan fingerprint density at radius 2 is 1.67 bits per heavy atom. The summed E-state index contributed by atoms with van der Waals surface area (Å²) in [6.07, 6.45) is 8.60. The molecule has 4 aromatic heterocycles. The number of benzene rings is 2. The second-order valence-corrected chi connectivity index (χ2v) is 14.1. The van der Waals surface area contributed by atoms with Crippen molar-refractivity contribution >= 4 is 45.0 Å². The number of nitrogens with one attached hydrogen (secondary N) is 2. The van der Waals surface area contributed by atoms with Gasteiger partial charge in [0.1, 0.15) is 29.3 Å². The third-order valence-electron chi connectivity index (χ3n) is 9.66. The molecule has 0 radical (unpaired) electrons. The smallest absolute Gasteiger partial charge is 0.337 e. The molecule has 0 spiro atoms. The summed E-state index contributed by atoms with van der Waals surface area (Å²) < 4.78 is 64.0. The number of aromatic nitrogens is 6. The summed E-state index contributed by atoms with van der Waals surface area (Å²) in [5.74, 6) is -4.14. The lowest BCUT2D eigenvalue weighted by Gasteiger charge is -2.21. The highest BCUT2D eigenvalue weighted by atomic mass is 32.2. The van der Waals surface area contributed by atoms with Crippen LogP contribution in [-0.4, -0.2) is 73.8 Å². The molecule has 2 amide bonds. The summed E-state index contributed by atoms with van der Waals surface area (Å²) in [6.45, 7) is 1.28. The van der Waals surface area contributed by atoms with E-state index in [1.165, 1.54) is 66.0 Å². The van der Waals surface area contributed by atoms with Gasteiger partial charge in [-0.15, -0.1) is 0 Å². The van der Waals surface area contributed by atoms with Gasteiger partial charge in [-0.25, -0.2) is 51.3 Å². The van der Waals surface area contributed by atoms with Crippen LogP contribution < -0.4 is 26.4 Å². The van der Waals surface area contributed by atoms with Gasteiger partial charge in [-0.3, -0.25) is 29.1 Å². The molecule has 7 rings (SSSR count). The molecule has 1 atom stereocenters. The van der Waals surface area contributed by atoms with Crippen LogP contribution >= 0.6 is 0 Å². The molecule has 3 N–H and O–H groups in total. The number of hydrogen-bond donors (Lipinski definition) is 4. The van der Waals surface area contributed by atoms with E-state index in [9.17, 15) is 32.8 Å². The summed E-state index contributed by atoms with van der Waals surface area (Å²) in [7, 11) is -2.10. The van der Waals surface area contributed by atoms with Crippen molar-refractivity contribution in [3.63, 3.8) is 0 Å². The fraction of sp³-hybridized carbons (Fsp3) is 0.211. The van der Waals surface area contributed by atoms with Gasteiger partial charge in [0.2, 0.25) is 10.9 Å². The minimum absolute atomic E-state index is 0.0300. The average Bonchev–Trinajstić information content (AvgIpc) is 3.24. The summed E-state index contributed by atoms with van der Waals surface area (Å²) in [5, 5.41) is 11.8. The van der Waals surface area contributed by atoms with Crippen LogP contribution in [0.1, 0.15) is 40.5 Å². The van der Waals surface area contributed by atoms with Crippen LogP contribution in [-0.2, 0) is 33.9 Å². The fourth-order valence-electron chi connectivity index (χ4n) is 6.57. The maximum Gasteiger partial charge on any atom is 0.337 e. The number of carbonyl (C=O) groups is 2. The zero-order valence-electron chi connectivity index (χ0n) is 30.4. The number of anilines is 2. The number of nitrogens with zero attached hydrogens (tertiary/aromatic N) is 7. The number of aryl methyl sites for hydroxylation is 1. The zero-order valence-corrected chi connectivity index (χ0v) is 31.3. The number of halogens is 2. The van der Waals surface area contributed by atoms with Crippen LogP contribution in [0, 0.1) is 11.6 Å². The van der Waals surface area contributed by atoms with Crippen molar-refractivity contribution in [2.24, 2.45) is 7.05 Å². The van der Waals surface area contributed by atoms with E-state index >= 15 is 8.78 Å². The predicted octanol–water partition coefficient (Wildman–Crippen LogP) is 2.62. The number of thiol groups is 1. The van der Waals surface area contributed by atoms with E-state index in [-0.39, 0.29) is 34.8 Å². The molecule has 2 aromatic carbocycles. The quantitative estimate of drug-likeness (QED) is 0.0843. The van der Waals surface area contributed by atoms with Gasteiger partial charge < -0.3 is 10.1 Å². The number of carbonyl (C=O) groups excluding carboxylic acids is 2. The summed E-state index contributed by atoms with van der Waals surface area (Å²) >= 11 is 0. The number of rotatable bonds is 11. The SMILES string of the molecule is Cn1c(=O)n(-c2ccc(C[C@H](NC(=O)c3cc(F)c(N(c4ccc(-c5cnc(C6CCOCC6)nc5)cc4)[SH](=O)=O)cc3F)C(=O)NO)cn2)c(=O)c2ccncc21. The molecule has 0 saturated carbocycles. The second kappa shape index (κ2) is 16.8. The molecule has 1 aliphatic heterocycles. The Hall–Kier alpha value is -6.77. The van der Waals surface area contributed by atoms with Crippen LogP contribution in [0.4, 0.5) is 20.2 Å². The van der Waals surface area contributed by atoms with E-state index < -0.39 is 62.9 Å². The standard InChI is InChI=1S/C38H33F2N9O8S/c1-47-32-20-41-11-8-26(32)37(52)48(38(47)53)33-7-2-21(17-42-33)14-30(36(51)46-54)45-35(50)27-15-29(40)31(16-28(27)39)49(58(55)56)25-5-3-22(4-6-25)24-18-43-34(44-19-24)23-9-12-57-13-10-23/h2-8,11,15-20,23,30,54,58H,9-10,12-14H2,1H3,(H,45,50)(H,46,51)/t30-/m0/s1. The van der Waals surface area contributed by atoms with Gasteiger partial charge in [-0.1, -0.05) is 18.2 Å². The molecule has 0 unspecified atom stereocenters. The molecule has 0 aliphatic carbocycles. The van der Waals surface area contributed by atoms with Crippen molar-refractivity contribution in [2.75, 3.05) is 17.5 Å². The van der Waals surface area contributed by atoms with E-state index in [1.54, 1.807) is 24.5 Å². The fourth-order valence-corrected chi connectivity index (χ4v) is 7.22. The number of fused-ring (bicyclic) bond motifs is 1. The Morgan fingerprint density at radius 1 is 0.948 bits per heavy atom. The van der Waals surface area contributed by atoms with E-state index in [1.807, 2.05) is 0 Å². The maximum atomic E-state index is 15.6. The number of amides is 2. The molecule has 1 aliphatic rings. The van der Waals surface area contributed by atoms with Gasteiger partial charge in [0.15, 0.2) is 0 Å². The molecule has 58 heavy (non-hydrogen) atoms. The molecule has 20 heteroatoms. The highest BCUT2D eigenvalue weighted by molar-refractivity contribution is 7.74. The van der Waals surface area contributed by atoms with Crippen molar-refractivity contribution in [3.05, 3.63) is 135 Å². The molecule has 17 nitrogen and oxygen atoms in total. The predicted molar refractivity (Wildman–Crippen MR) is 204 cm³/mol. The zero-order chi connectivity index (χ0) is 41.1. The van der Waals surface area contributed by atoms with Crippen molar-refractivity contribution in [3.8, 4) is 16.9 Å². The molecule has 0 bridgehead atoms. The van der Waals surface area contributed by atoms with E-state index in [2.05, 4.69) is 25.3 Å². The summed E-state index contributed by atoms with van der Waals surface area (Å²) in [6, 6.07) is 9.57. The first-order valence-corrected chi connectivity index (χ1v) is 18.8. The Labute approximate surface area is 328 Å². The van der Waals surface area contributed by atoms with Crippen molar-refractivity contribution in [2.45, 2.75) is 31.2 Å². The minimum Gasteiger partial charge on any atom is -0.381 e. The lowest BCUT2D eigenvalue weighted by atomic mass is 9.99. The normalized spacial score (nSPS) is 13.7. The monoisotopic (exact) mass is 813 g/mol. The van der Waals surface area contributed by atoms with Gasteiger partial charge in [-0.2, -0.15) is 0 Å². The van der Waals surface area contributed by atoms with E-state index in [0.29, 0.717) is 52.1 Å². The Bertz CT molecular complexity index is 2710. The second-order valence-electron chi connectivity index (χ2n) is 13.2. The first kappa shape index (κ1) is 39.5. The van der Waals surface area contributed by atoms with Crippen molar-refractivity contribution in [1.82, 2.24) is 39.9 Å². The highest BCUT2D eigenvalue weighted by Crippen LogP contribution is 2.32. The van der Waals surface area contributed by atoms with E-state index in [4.69, 9.17) is 4.74 Å². The van der Waals surface area contributed by atoms with Crippen LogP contribution in [0.25, 0.3) is 27.8 Å². The Morgan fingerprint density at radius 3 is 2.33 bits per heavy atom. The van der Waals surface area contributed by atoms with Crippen LogP contribution in [0.15, 0.2) is 95.2 Å². The largest absolute Gasteiger partial charge is 0.381 e. The van der Waals surface area contributed by atoms with Gasteiger partial charge in [0.25, 0.3) is 17.4 Å². The number of ether oxygens (including phenoxy) is 1.